The van der Waals surface area contributed by atoms with Crippen LogP contribution in [0.1, 0.15) is 25.1 Å². The van der Waals surface area contributed by atoms with Crippen molar-refractivity contribution in [3.05, 3.63) is 24.2 Å². The molecule has 1 amide bonds. The molecule has 3 atom stereocenters. The van der Waals surface area contributed by atoms with Crippen LogP contribution in [-0.4, -0.2) is 31.7 Å². The Labute approximate surface area is 101 Å². The first-order valence-electron chi connectivity index (χ1n) is 5.80. The van der Waals surface area contributed by atoms with E-state index in [9.17, 15) is 4.79 Å². The van der Waals surface area contributed by atoms with Gasteiger partial charge in [0.05, 0.1) is 24.5 Å². The molecule has 3 unspecified atom stereocenters. The Morgan fingerprint density at radius 1 is 1.71 bits per heavy atom. The van der Waals surface area contributed by atoms with Gasteiger partial charge in [-0.25, -0.2) is 0 Å². The minimum absolute atomic E-state index is 0.00606. The highest BCUT2D eigenvalue weighted by Gasteiger charge is 2.30. The van der Waals surface area contributed by atoms with Crippen LogP contribution in [-0.2, 0) is 9.53 Å². The summed E-state index contributed by atoms with van der Waals surface area (Å²) in [5, 5.41) is 6.06. The maximum absolute atomic E-state index is 11.9. The van der Waals surface area contributed by atoms with Gasteiger partial charge < -0.3 is 19.8 Å². The fourth-order valence-electron chi connectivity index (χ4n) is 2.01. The van der Waals surface area contributed by atoms with Crippen LogP contribution in [0.3, 0.4) is 0 Å². The quantitative estimate of drug-likeness (QED) is 0.815. The summed E-state index contributed by atoms with van der Waals surface area (Å²) in [4.78, 5) is 11.9. The standard InChI is InChI=1S/C12H18N2O3/c1-8(11-4-3-5-17-11)14-12(15)10-6-9(16-2)7-13-10/h3-5,8-10,13H,6-7H2,1-2H3,(H,14,15). The van der Waals surface area contributed by atoms with Gasteiger partial charge in [-0.15, -0.1) is 0 Å². The molecule has 0 spiro atoms. The van der Waals surface area contributed by atoms with Gasteiger partial charge in [-0.3, -0.25) is 4.79 Å². The summed E-state index contributed by atoms with van der Waals surface area (Å²) in [6.07, 6.45) is 2.45. The topological polar surface area (TPSA) is 63.5 Å². The summed E-state index contributed by atoms with van der Waals surface area (Å²) < 4.78 is 10.4. The lowest BCUT2D eigenvalue weighted by atomic mass is 10.1. The second kappa shape index (κ2) is 5.33. The van der Waals surface area contributed by atoms with Gasteiger partial charge in [0.2, 0.25) is 5.91 Å². The SMILES string of the molecule is COC1CNC(C(=O)NC(C)c2ccco2)C1. The third kappa shape index (κ3) is 2.87. The molecule has 5 nitrogen and oxygen atoms in total. The van der Waals surface area contributed by atoms with E-state index in [4.69, 9.17) is 9.15 Å². The minimum atomic E-state index is -0.169. The van der Waals surface area contributed by atoms with Gasteiger partial charge in [-0.1, -0.05) is 0 Å². The molecule has 0 saturated carbocycles. The molecule has 2 rings (SSSR count). The zero-order valence-corrected chi connectivity index (χ0v) is 10.1. The largest absolute Gasteiger partial charge is 0.467 e. The molecule has 1 saturated heterocycles. The Morgan fingerprint density at radius 3 is 3.12 bits per heavy atom. The lowest BCUT2D eigenvalue weighted by molar-refractivity contribution is -0.123. The maximum atomic E-state index is 11.9. The van der Waals surface area contributed by atoms with Crippen molar-refractivity contribution in [3.8, 4) is 0 Å². The fourth-order valence-corrected chi connectivity index (χ4v) is 2.01. The molecular weight excluding hydrogens is 220 g/mol. The number of hydrogen-bond donors (Lipinski definition) is 2. The van der Waals surface area contributed by atoms with Gasteiger partial charge in [0, 0.05) is 13.7 Å². The van der Waals surface area contributed by atoms with Gasteiger partial charge in [0.25, 0.3) is 0 Å². The highest BCUT2D eigenvalue weighted by atomic mass is 16.5. The predicted molar refractivity (Wildman–Crippen MR) is 62.5 cm³/mol. The number of methoxy groups -OCH3 is 1. The first kappa shape index (κ1) is 12.1. The van der Waals surface area contributed by atoms with E-state index in [2.05, 4.69) is 10.6 Å². The summed E-state index contributed by atoms with van der Waals surface area (Å²) >= 11 is 0. The smallest absolute Gasteiger partial charge is 0.237 e. The molecule has 2 N–H and O–H groups in total. The molecule has 0 aromatic carbocycles. The number of carbonyl (C=O) groups excluding carboxylic acids is 1. The normalized spacial score (nSPS) is 25.8. The van der Waals surface area contributed by atoms with E-state index < -0.39 is 0 Å². The van der Waals surface area contributed by atoms with Crippen molar-refractivity contribution in [2.75, 3.05) is 13.7 Å². The molecule has 0 aliphatic carbocycles. The van der Waals surface area contributed by atoms with E-state index in [1.54, 1.807) is 13.4 Å². The van der Waals surface area contributed by atoms with Crippen molar-refractivity contribution < 1.29 is 13.9 Å². The van der Waals surface area contributed by atoms with Gasteiger partial charge in [0.15, 0.2) is 0 Å². The van der Waals surface area contributed by atoms with Crippen LogP contribution in [0.4, 0.5) is 0 Å². The van der Waals surface area contributed by atoms with Crippen LogP contribution in [0.25, 0.3) is 0 Å². The van der Waals surface area contributed by atoms with Crippen LogP contribution < -0.4 is 10.6 Å². The minimum Gasteiger partial charge on any atom is -0.467 e. The van der Waals surface area contributed by atoms with Crippen molar-refractivity contribution in [1.82, 2.24) is 10.6 Å². The molecular formula is C12H18N2O3. The monoisotopic (exact) mass is 238 g/mol. The lowest BCUT2D eigenvalue weighted by Gasteiger charge is -2.15. The summed E-state index contributed by atoms with van der Waals surface area (Å²) in [7, 11) is 1.66. The molecule has 2 heterocycles. The Hall–Kier alpha value is -1.33. The zero-order chi connectivity index (χ0) is 12.3. The van der Waals surface area contributed by atoms with Crippen molar-refractivity contribution in [3.63, 3.8) is 0 Å². The molecule has 17 heavy (non-hydrogen) atoms. The van der Waals surface area contributed by atoms with E-state index >= 15 is 0 Å². The molecule has 5 heteroatoms. The zero-order valence-electron chi connectivity index (χ0n) is 10.1. The van der Waals surface area contributed by atoms with Crippen LogP contribution in [0.5, 0.6) is 0 Å². The number of ether oxygens (including phenoxy) is 1. The highest BCUT2D eigenvalue weighted by molar-refractivity contribution is 5.82. The van der Waals surface area contributed by atoms with Crippen molar-refractivity contribution >= 4 is 5.91 Å². The Balaban J connectivity index is 1.85. The van der Waals surface area contributed by atoms with Gasteiger partial charge >= 0.3 is 0 Å². The fraction of sp³-hybridized carbons (Fsp3) is 0.583. The van der Waals surface area contributed by atoms with Crippen LogP contribution in [0.2, 0.25) is 0 Å². The molecule has 1 fully saturated rings. The number of hydrogen-bond acceptors (Lipinski definition) is 4. The molecule has 0 radical (unpaired) electrons. The van der Waals surface area contributed by atoms with Crippen LogP contribution in [0, 0.1) is 0 Å². The summed E-state index contributed by atoms with van der Waals surface area (Å²) in [6, 6.07) is 3.39. The van der Waals surface area contributed by atoms with Crippen LogP contribution >= 0.6 is 0 Å². The van der Waals surface area contributed by atoms with Gasteiger partial charge in [-0.05, 0) is 25.5 Å². The highest BCUT2D eigenvalue weighted by Crippen LogP contribution is 2.14. The number of rotatable bonds is 4. The maximum Gasteiger partial charge on any atom is 0.237 e. The lowest BCUT2D eigenvalue weighted by Crippen LogP contribution is -2.41. The third-order valence-electron chi connectivity index (χ3n) is 3.07. The second-order valence-corrected chi connectivity index (χ2v) is 4.30. The van der Waals surface area contributed by atoms with Gasteiger partial charge in [-0.2, -0.15) is 0 Å². The average Bonchev–Trinajstić information content (AvgIpc) is 3.00. The predicted octanol–water partition coefficient (Wildman–Crippen LogP) is 0.834. The molecule has 0 bridgehead atoms. The molecule has 1 aliphatic heterocycles. The number of carbonyl (C=O) groups is 1. The van der Waals surface area contributed by atoms with E-state index in [1.165, 1.54) is 0 Å². The van der Waals surface area contributed by atoms with E-state index in [0.29, 0.717) is 6.42 Å². The Kier molecular flexibility index (Phi) is 3.81. The molecule has 1 aromatic rings. The van der Waals surface area contributed by atoms with Crippen molar-refractivity contribution in [2.24, 2.45) is 0 Å². The summed E-state index contributed by atoms with van der Waals surface area (Å²) in [5.74, 6) is 0.757. The Morgan fingerprint density at radius 2 is 2.53 bits per heavy atom. The average molecular weight is 238 g/mol. The molecule has 1 aliphatic rings. The van der Waals surface area contributed by atoms with E-state index in [1.807, 2.05) is 19.1 Å². The van der Waals surface area contributed by atoms with Crippen LogP contribution in [0.15, 0.2) is 22.8 Å². The summed E-state index contributed by atoms with van der Waals surface area (Å²) in [6.45, 7) is 2.63. The van der Waals surface area contributed by atoms with Crippen molar-refractivity contribution in [2.45, 2.75) is 31.5 Å². The number of nitrogens with one attached hydrogen (secondary N) is 2. The Bertz CT molecular complexity index is 364. The second-order valence-electron chi connectivity index (χ2n) is 4.30. The third-order valence-corrected chi connectivity index (χ3v) is 3.07. The van der Waals surface area contributed by atoms with Crippen molar-refractivity contribution in [1.29, 1.82) is 0 Å². The van der Waals surface area contributed by atoms with E-state index in [0.717, 1.165) is 12.3 Å². The number of amides is 1. The molecule has 94 valence electrons. The van der Waals surface area contributed by atoms with Gasteiger partial charge in [0.1, 0.15) is 5.76 Å². The first-order valence-corrected chi connectivity index (χ1v) is 5.80. The molecule has 1 aromatic heterocycles. The van der Waals surface area contributed by atoms with E-state index in [-0.39, 0.29) is 24.1 Å². The first-order chi connectivity index (χ1) is 8.20. The number of furan rings is 1. The summed E-state index contributed by atoms with van der Waals surface area (Å²) in [5.41, 5.74) is 0.